The van der Waals surface area contributed by atoms with Gasteiger partial charge in [0, 0.05) is 0 Å². The summed E-state index contributed by atoms with van der Waals surface area (Å²) in [4.78, 5) is 12.9. The maximum atomic E-state index is 12.9. The van der Waals surface area contributed by atoms with Gasteiger partial charge in [-0.15, -0.1) is 0 Å². The topological polar surface area (TPSA) is 49.3 Å². The van der Waals surface area contributed by atoms with E-state index in [4.69, 9.17) is 0 Å². The lowest BCUT2D eigenvalue weighted by molar-refractivity contribution is -0.132. The zero-order valence-electron chi connectivity index (χ0n) is 12.8. The minimum absolute atomic E-state index is 0.0615. The molecule has 2 saturated carbocycles. The molecule has 1 aromatic carbocycles. The molecule has 2 N–H and O–H groups in total. The summed E-state index contributed by atoms with van der Waals surface area (Å²) >= 11 is 0. The van der Waals surface area contributed by atoms with Gasteiger partial charge in [-0.2, -0.15) is 0 Å². The molecule has 3 nitrogen and oxygen atoms in total. The Morgan fingerprint density at radius 2 is 2.00 bits per heavy atom. The van der Waals surface area contributed by atoms with Gasteiger partial charge >= 0.3 is 0 Å². The van der Waals surface area contributed by atoms with Gasteiger partial charge in [0.25, 0.3) is 0 Å². The van der Waals surface area contributed by atoms with Crippen molar-refractivity contribution < 1.29 is 9.90 Å². The van der Waals surface area contributed by atoms with E-state index in [0.717, 1.165) is 50.5 Å². The van der Waals surface area contributed by atoms with Crippen molar-refractivity contribution in [3.05, 3.63) is 35.4 Å². The maximum absolute atomic E-state index is 12.9. The second kappa shape index (κ2) is 5.80. The number of amides is 1. The van der Waals surface area contributed by atoms with E-state index in [1.807, 2.05) is 6.07 Å². The van der Waals surface area contributed by atoms with Crippen molar-refractivity contribution in [2.24, 2.45) is 0 Å². The van der Waals surface area contributed by atoms with Crippen LogP contribution in [0.1, 0.15) is 56.1 Å². The Labute approximate surface area is 126 Å². The second-order valence-corrected chi connectivity index (χ2v) is 6.74. The Balaban J connectivity index is 1.77. The number of hydrogen-bond donors (Lipinski definition) is 2. The average molecular weight is 287 g/mol. The summed E-state index contributed by atoms with van der Waals surface area (Å²) in [5, 5.41) is 13.2. The molecule has 114 valence electrons. The molecule has 3 rings (SSSR count). The van der Waals surface area contributed by atoms with E-state index >= 15 is 0 Å². The standard InChI is InChI=1S/C18H25NO2/c1-13-6-4-7-14(12-13)18(10-5-11-18)17(21)19-15-8-2-3-9-16(15)20/h4,6-7,12,15-16,20H,2-3,5,8-11H2,1H3,(H,19,21)/t15-,16-/m1/s1. The molecule has 2 aliphatic rings. The summed E-state index contributed by atoms with van der Waals surface area (Å²) in [6.45, 7) is 2.07. The third-order valence-corrected chi connectivity index (χ3v) is 5.26. The largest absolute Gasteiger partial charge is 0.391 e. The first-order valence-corrected chi connectivity index (χ1v) is 8.18. The molecule has 0 bridgehead atoms. The highest BCUT2D eigenvalue weighted by molar-refractivity contribution is 5.89. The lowest BCUT2D eigenvalue weighted by Gasteiger charge is -2.42. The first-order chi connectivity index (χ1) is 10.1. The zero-order valence-corrected chi connectivity index (χ0v) is 12.8. The lowest BCUT2D eigenvalue weighted by Crippen LogP contribution is -2.55. The first kappa shape index (κ1) is 14.6. The van der Waals surface area contributed by atoms with Crippen molar-refractivity contribution in [3.8, 4) is 0 Å². The Kier molecular flexibility index (Phi) is 4.03. The predicted molar refractivity (Wildman–Crippen MR) is 83.1 cm³/mol. The predicted octanol–water partition coefficient (Wildman–Crippen LogP) is 2.84. The number of nitrogens with one attached hydrogen (secondary N) is 1. The van der Waals surface area contributed by atoms with Crippen LogP contribution in [0, 0.1) is 6.92 Å². The maximum Gasteiger partial charge on any atom is 0.230 e. The Bertz CT molecular complexity index is 522. The molecule has 21 heavy (non-hydrogen) atoms. The molecule has 2 atom stereocenters. The highest BCUT2D eigenvalue weighted by Gasteiger charge is 2.46. The van der Waals surface area contributed by atoms with Gasteiger partial charge in [0.2, 0.25) is 5.91 Å². The minimum atomic E-state index is -0.377. The molecule has 2 aliphatic carbocycles. The van der Waals surface area contributed by atoms with Crippen molar-refractivity contribution >= 4 is 5.91 Å². The molecule has 0 saturated heterocycles. The van der Waals surface area contributed by atoms with Crippen LogP contribution < -0.4 is 5.32 Å². The average Bonchev–Trinajstić information content (AvgIpc) is 2.40. The third kappa shape index (κ3) is 2.71. The van der Waals surface area contributed by atoms with Crippen molar-refractivity contribution in [1.29, 1.82) is 0 Å². The monoisotopic (exact) mass is 287 g/mol. The van der Waals surface area contributed by atoms with E-state index in [0.29, 0.717) is 0 Å². The van der Waals surface area contributed by atoms with Crippen LogP contribution in [0.5, 0.6) is 0 Å². The number of carbonyl (C=O) groups is 1. The Hall–Kier alpha value is -1.35. The van der Waals surface area contributed by atoms with Crippen LogP contribution in [0.2, 0.25) is 0 Å². The summed E-state index contributed by atoms with van der Waals surface area (Å²) in [5.41, 5.74) is 1.98. The van der Waals surface area contributed by atoms with Gasteiger partial charge in [-0.1, -0.05) is 49.1 Å². The highest BCUT2D eigenvalue weighted by atomic mass is 16.3. The quantitative estimate of drug-likeness (QED) is 0.898. The van der Waals surface area contributed by atoms with Gasteiger partial charge in [-0.3, -0.25) is 4.79 Å². The molecule has 0 spiro atoms. The molecule has 3 heteroatoms. The lowest BCUT2D eigenvalue weighted by atomic mass is 9.63. The van der Waals surface area contributed by atoms with Crippen molar-refractivity contribution in [1.82, 2.24) is 5.32 Å². The van der Waals surface area contributed by atoms with Gasteiger partial charge in [-0.25, -0.2) is 0 Å². The molecule has 0 aromatic heterocycles. The van der Waals surface area contributed by atoms with E-state index in [-0.39, 0.29) is 23.5 Å². The van der Waals surface area contributed by atoms with Crippen LogP contribution in [-0.4, -0.2) is 23.2 Å². The summed E-state index contributed by atoms with van der Waals surface area (Å²) in [6.07, 6.45) is 6.44. The first-order valence-electron chi connectivity index (χ1n) is 8.18. The minimum Gasteiger partial charge on any atom is -0.391 e. The fourth-order valence-electron chi connectivity index (χ4n) is 3.71. The van der Waals surface area contributed by atoms with E-state index in [1.54, 1.807) is 0 Å². The van der Waals surface area contributed by atoms with Crippen LogP contribution in [0.4, 0.5) is 0 Å². The van der Waals surface area contributed by atoms with Crippen LogP contribution in [0.15, 0.2) is 24.3 Å². The van der Waals surface area contributed by atoms with Gasteiger partial charge < -0.3 is 10.4 Å². The zero-order chi connectivity index (χ0) is 14.9. The van der Waals surface area contributed by atoms with E-state index in [9.17, 15) is 9.90 Å². The number of aliphatic hydroxyl groups is 1. The summed E-state index contributed by atoms with van der Waals surface area (Å²) in [7, 11) is 0. The van der Waals surface area contributed by atoms with Gasteiger partial charge in [-0.05, 0) is 38.2 Å². The molecule has 1 amide bonds. The molecule has 0 radical (unpaired) electrons. The molecule has 0 unspecified atom stereocenters. The smallest absolute Gasteiger partial charge is 0.230 e. The SMILES string of the molecule is Cc1cccc(C2(C(=O)N[C@@H]3CCCC[C@H]3O)CCC2)c1. The summed E-state index contributed by atoms with van der Waals surface area (Å²) in [5.74, 6) is 0.116. The van der Waals surface area contributed by atoms with Gasteiger partial charge in [0.05, 0.1) is 17.6 Å². The normalized spacial score (nSPS) is 27.7. The number of hydrogen-bond acceptors (Lipinski definition) is 2. The molecule has 1 aromatic rings. The Morgan fingerprint density at radius 3 is 2.62 bits per heavy atom. The highest BCUT2D eigenvalue weighted by Crippen LogP contribution is 2.44. The fourth-order valence-corrected chi connectivity index (χ4v) is 3.71. The van der Waals surface area contributed by atoms with E-state index in [2.05, 4.69) is 30.4 Å². The van der Waals surface area contributed by atoms with E-state index in [1.165, 1.54) is 5.56 Å². The second-order valence-electron chi connectivity index (χ2n) is 6.74. The number of carbonyl (C=O) groups excluding carboxylic acids is 1. The molecule has 0 aliphatic heterocycles. The van der Waals surface area contributed by atoms with Gasteiger partial charge in [0.15, 0.2) is 0 Å². The molecule has 2 fully saturated rings. The number of aliphatic hydroxyl groups excluding tert-OH is 1. The van der Waals surface area contributed by atoms with Crippen LogP contribution >= 0.6 is 0 Å². The van der Waals surface area contributed by atoms with Crippen LogP contribution in [0.25, 0.3) is 0 Å². The van der Waals surface area contributed by atoms with Crippen molar-refractivity contribution in [3.63, 3.8) is 0 Å². The molecule has 0 heterocycles. The molecular weight excluding hydrogens is 262 g/mol. The van der Waals surface area contributed by atoms with E-state index < -0.39 is 0 Å². The summed E-state index contributed by atoms with van der Waals surface area (Å²) in [6, 6.07) is 8.25. The number of rotatable bonds is 3. The number of aryl methyl sites for hydroxylation is 1. The fraction of sp³-hybridized carbons (Fsp3) is 0.611. The third-order valence-electron chi connectivity index (χ3n) is 5.26. The summed E-state index contributed by atoms with van der Waals surface area (Å²) < 4.78 is 0. The van der Waals surface area contributed by atoms with Crippen LogP contribution in [-0.2, 0) is 10.2 Å². The molecular formula is C18H25NO2. The number of benzene rings is 1. The van der Waals surface area contributed by atoms with Gasteiger partial charge in [0.1, 0.15) is 0 Å². The van der Waals surface area contributed by atoms with Crippen molar-refractivity contribution in [2.75, 3.05) is 0 Å². The van der Waals surface area contributed by atoms with Crippen molar-refractivity contribution in [2.45, 2.75) is 69.4 Å². The van der Waals surface area contributed by atoms with Crippen LogP contribution in [0.3, 0.4) is 0 Å². The Morgan fingerprint density at radius 1 is 1.24 bits per heavy atom.